The average Bonchev–Trinajstić information content (AvgIpc) is 2.91. The molecule has 2 N–H and O–H groups in total. The minimum absolute atomic E-state index is 0.0609. The number of imidazole rings is 1. The van der Waals surface area contributed by atoms with Crippen molar-refractivity contribution >= 4 is 27.8 Å². The Morgan fingerprint density at radius 1 is 1.43 bits per heavy atom. The van der Waals surface area contributed by atoms with E-state index in [1.54, 1.807) is 4.57 Å². The van der Waals surface area contributed by atoms with Crippen LogP contribution in [0.1, 0.15) is 20.8 Å². The van der Waals surface area contributed by atoms with Gasteiger partial charge in [-0.15, -0.1) is 0 Å². The minimum Gasteiger partial charge on any atom is -0.476 e. The Kier molecular flexibility index (Phi) is 4.69. The second-order valence-electron chi connectivity index (χ2n) is 4.16. The van der Waals surface area contributed by atoms with Crippen molar-refractivity contribution in [2.75, 3.05) is 6.54 Å². The van der Waals surface area contributed by atoms with Gasteiger partial charge in [-0.2, -0.15) is 0 Å². The van der Waals surface area contributed by atoms with Gasteiger partial charge in [-0.05, 0) is 28.1 Å². The van der Waals surface area contributed by atoms with Crippen LogP contribution in [0.4, 0.5) is 4.39 Å². The van der Waals surface area contributed by atoms with E-state index in [9.17, 15) is 14.0 Å². The fourth-order valence-corrected chi connectivity index (χ4v) is 2.11. The molecule has 110 valence electrons. The lowest BCUT2D eigenvalue weighted by Crippen LogP contribution is -2.27. The first-order chi connectivity index (χ1) is 9.99. The summed E-state index contributed by atoms with van der Waals surface area (Å²) in [6.07, 6.45) is 2.74. The van der Waals surface area contributed by atoms with Crippen LogP contribution in [0.15, 0.2) is 35.2 Å². The molecule has 8 heteroatoms. The van der Waals surface area contributed by atoms with Gasteiger partial charge in [-0.3, -0.25) is 4.79 Å². The highest BCUT2D eigenvalue weighted by Crippen LogP contribution is 2.20. The van der Waals surface area contributed by atoms with Gasteiger partial charge in [0.05, 0.1) is 16.4 Å². The van der Waals surface area contributed by atoms with Gasteiger partial charge in [-0.1, -0.05) is 6.07 Å². The normalized spacial score (nSPS) is 10.4. The quantitative estimate of drug-likeness (QED) is 0.857. The van der Waals surface area contributed by atoms with E-state index in [4.69, 9.17) is 5.11 Å². The van der Waals surface area contributed by atoms with E-state index < -0.39 is 17.7 Å². The molecule has 1 aromatic carbocycles. The van der Waals surface area contributed by atoms with Gasteiger partial charge in [0.15, 0.2) is 5.69 Å². The van der Waals surface area contributed by atoms with Gasteiger partial charge in [0.25, 0.3) is 5.91 Å². The fourth-order valence-electron chi connectivity index (χ4n) is 1.67. The molecule has 2 rings (SSSR count). The maximum absolute atomic E-state index is 13.3. The minimum atomic E-state index is -1.11. The summed E-state index contributed by atoms with van der Waals surface area (Å²) in [7, 11) is 0. The molecule has 0 aliphatic heterocycles. The monoisotopic (exact) mass is 355 g/mol. The molecule has 0 aliphatic rings. The Labute approximate surface area is 127 Å². The van der Waals surface area contributed by atoms with Crippen LogP contribution in [0.5, 0.6) is 0 Å². The molecule has 0 fully saturated rings. The molecule has 2 aromatic rings. The standard InChI is InChI=1S/C13H11BrFN3O3/c14-11-8(2-1-3-9(11)15)12(19)16-4-5-18-6-10(13(20)21)17-7-18/h1-3,6-7H,4-5H2,(H,16,19)(H,20,21). The summed E-state index contributed by atoms with van der Waals surface area (Å²) in [5, 5.41) is 11.4. The molecule has 21 heavy (non-hydrogen) atoms. The van der Waals surface area contributed by atoms with Crippen molar-refractivity contribution in [2.45, 2.75) is 6.54 Å². The Hall–Kier alpha value is -2.22. The summed E-state index contributed by atoms with van der Waals surface area (Å²) < 4.78 is 15.0. The number of carboxylic acid groups (broad SMARTS) is 1. The first-order valence-electron chi connectivity index (χ1n) is 5.96. The van der Waals surface area contributed by atoms with Crippen LogP contribution in [0, 0.1) is 5.82 Å². The number of benzene rings is 1. The Morgan fingerprint density at radius 2 is 2.19 bits per heavy atom. The molecule has 0 radical (unpaired) electrons. The van der Waals surface area contributed by atoms with Gasteiger partial charge < -0.3 is 15.0 Å². The van der Waals surface area contributed by atoms with Crippen molar-refractivity contribution in [1.29, 1.82) is 0 Å². The number of carbonyl (C=O) groups excluding carboxylic acids is 1. The lowest BCUT2D eigenvalue weighted by Gasteiger charge is -2.07. The first-order valence-corrected chi connectivity index (χ1v) is 6.75. The lowest BCUT2D eigenvalue weighted by atomic mass is 10.2. The zero-order valence-electron chi connectivity index (χ0n) is 10.7. The maximum Gasteiger partial charge on any atom is 0.356 e. The molecule has 1 aromatic heterocycles. The van der Waals surface area contributed by atoms with Crippen molar-refractivity contribution in [2.24, 2.45) is 0 Å². The van der Waals surface area contributed by atoms with Gasteiger partial charge >= 0.3 is 5.97 Å². The van der Waals surface area contributed by atoms with E-state index in [1.807, 2.05) is 0 Å². The summed E-state index contributed by atoms with van der Waals surface area (Å²) in [5.41, 5.74) is 0.140. The van der Waals surface area contributed by atoms with Crippen LogP contribution in [0.2, 0.25) is 0 Å². The van der Waals surface area contributed by atoms with Crippen LogP contribution in [-0.2, 0) is 6.54 Å². The van der Waals surface area contributed by atoms with Crippen molar-refractivity contribution in [1.82, 2.24) is 14.9 Å². The number of halogens is 2. The highest BCUT2D eigenvalue weighted by atomic mass is 79.9. The van der Waals surface area contributed by atoms with Crippen molar-refractivity contribution in [3.63, 3.8) is 0 Å². The SMILES string of the molecule is O=C(O)c1cn(CCNC(=O)c2cccc(F)c2Br)cn1. The third-order valence-corrected chi connectivity index (χ3v) is 3.51. The van der Waals surface area contributed by atoms with E-state index in [0.29, 0.717) is 6.54 Å². The van der Waals surface area contributed by atoms with Gasteiger partial charge in [0, 0.05) is 19.3 Å². The Morgan fingerprint density at radius 3 is 2.86 bits per heavy atom. The third-order valence-electron chi connectivity index (χ3n) is 2.70. The van der Waals surface area contributed by atoms with E-state index in [0.717, 1.165) is 0 Å². The third kappa shape index (κ3) is 3.66. The van der Waals surface area contributed by atoms with E-state index in [1.165, 1.54) is 30.7 Å². The summed E-state index contributed by atoms with van der Waals surface area (Å²) in [6, 6.07) is 4.20. The number of nitrogens with zero attached hydrogens (tertiary/aromatic N) is 2. The molecule has 6 nitrogen and oxygen atoms in total. The molecule has 0 saturated carbocycles. The second kappa shape index (κ2) is 6.49. The van der Waals surface area contributed by atoms with Crippen molar-refractivity contribution in [3.05, 3.63) is 52.3 Å². The van der Waals surface area contributed by atoms with Crippen LogP contribution < -0.4 is 5.32 Å². The summed E-state index contributed by atoms with van der Waals surface area (Å²) in [6.45, 7) is 0.621. The number of aromatic nitrogens is 2. The number of carbonyl (C=O) groups is 2. The lowest BCUT2D eigenvalue weighted by molar-refractivity contribution is 0.0690. The number of amides is 1. The van der Waals surface area contributed by atoms with Crippen molar-refractivity contribution in [3.8, 4) is 0 Å². The predicted molar refractivity (Wildman–Crippen MR) is 75.6 cm³/mol. The molecule has 0 saturated heterocycles. The largest absolute Gasteiger partial charge is 0.476 e. The van der Waals surface area contributed by atoms with Gasteiger partial charge in [0.1, 0.15) is 5.82 Å². The van der Waals surface area contributed by atoms with Crippen LogP contribution in [-0.4, -0.2) is 33.1 Å². The van der Waals surface area contributed by atoms with Gasteiger partial charge in [0.2, 0.25) is 0 Å². The first kappa shape index (κ1) is 15.2. The number of carboxylic acids is 1. The highest BCUT2D eigenvalue weighted by molar-refractivity contribution is 9.10. The van der Waals surface area contributed by atoms with E-state index in [-0.39, 0.29) is 22.3 Å². The molecular formula is C13H11BrFN3O3. The van der Waals surface area contributed by atoms with E-state index >= 15 is 0 Å². The van der Waals surface area contributed by atoms with Crippen molar-refractivity contribution < 1.29 is 19.1 Å². The zero-order valence-corrected chi connectivity index (χ0v) is 12.3. The Bertz CT molecular complexity index is 687. The number of nitrogens with one attached hydrogen (secondary N) is 1. The summed E-state index contributed by atoms with van der Waals surface area (Å²) in [5.74, 6) is -2.04. The molecule has 0 unspecified atom stereocenters. The van der Waals surface area contributed by atoms with Crippen LogP contribution in [0.25, 0.3) is 0 Å². The molecule has 1 amide bonds. The molecular weight excluding hydrogens is 345 g/mol. The smallest absolute Gasteiger partial charge is 0.356 e. The number of hydrogen-bond acceptors (Lipinski definition) is 3. The topological polar surface area (TPSA) is 84.2 Å². The zero-order chi connectivity index (χ0) is 15.4. The fraction of sp³-hybridized carbons (Fsp3) is 0.154. The number of hydrogen-bond donors (Lipinski definition) is 2. The predicted octanol–water partition coefficient (Wildman–Crippen LogP) is 1.91. The van der Waals surface area contributed by atoms with Crippen LogP contribution in [0.3, 0.4) is 0 Å². The second-order valence-corrected chi connectivity index (χ2v) is 4.95. The number of aromatic carboxylic acids is 1. The summed E-state index contributed by atoms with van der Waals surface area (Å²) >= 11 is 3.02. The summed E-state index contributed by atoms with van der Waals surface area (Å²) in [4.78, 5) is 26.2. The maximum atomic E-state index is 13.3. The molecule has 0 bridgehead atoms. The van der Waals surface area contributed by atoms with E-state index in [2.05, 4.69) is 26.2 Å². The molecule has 0 atom stereocenters. The molecule has 1 heterocycles. The number of rotatable bonds is 5. The molecule has 0 spiro atoms. The average molecular weight is 356 g/mol. The van der Waals surface area contributed by atoms with Crippen LogP contribution >= 0.6 is 15.9 Å². The van der Waals surface area contributed by atoms with Gasteiger partial charge in [-0.25, -0.2) is 14.2 Å². The highest BCUT2D eigenvalue weighted by Gasteiger charge is 2.12. The Balaban J connectivity index is 1.92. The molecule has 0 aliphatic carbocycles.